The first-order chi connectivity index (χ1) is 10.7. The molecule has 1 aromatic carbocycles. The fourth-order valence-electron chi connectivity index (χ4n) is 2.75. The lowest BCUT2D eigenvalue weighted by molar-refractivity contribution is 0.0745. The second kappa shape index (κ2) is 7.46. The van der Waals surface area contributed by atoms with Gasteiger partial charge < -0.3 is 14.4 Å². The Morgan fingerprint density at radius 3 is 2.65 bits per heavy atom. The van der Waals surface area contributed by atoms with Crippen molar-refractivity contribution in [3.8, 4) is 0 Å². The van der Waals surface area contributed by atoms with E-state index in [2.05, 4.69) is 21.4 Å². The standard InChI is InChI=1S/C16H19FN4O.ClH/c1-2-19-7-6-18-16(19)21-10-8-20(9-11-21)15(22)13-4-3-5-14(17)12-13;/h3-7,12H,2,8-11H2,1H3;1H. The lowest BCUT2D eigenvalue weighted by atomic mass is 10.2. The molecule has 0 spiro atoms. The van der Waals surface area contributed by atoms with Crippen molar-refractivity contribution >= 4 is 24.3 Å². The normalized spacial score (nSPS) is 14.5. The largest absolute Gasteiger partial charge is 0.339 e. The molecule has 1 amide bonds. The molecule has 1 aromatic heterocycles. The first-order valence-corrected chi connectivity index (χ1v) is 7.50. The van der Waals surface area contributed by atoms with Crippen LogP contribution in [0.25, 0.3) is 0 Å². The van der Waals surface area contributed by atoms with Crippen molar-refractivity contribution in [1.82, 2.24) is 14.5 Å². The minimum Gasteiger partial charge on any atom is -0.339 e. The molecule has 1 aliphatic rings. The summed E-state index contributed by atoms with van der Waals surface area (Å²) < 4.78 is 15.3. The Balaban J connectivity index is 0.00000192. The van der Waals surface area contributed by atoms with Gasteiger partial charge in [0.15, 0.2) is 0 Å². The third kappa shape index (κ3) is 3.64. The number of anilines is 1. The van der Waals surface area contributed by atoms with E-state index in [-0.39, 0.29) is 24.1 Å². The van der Waals surface area contributed by atoms with Crippen molar-refractivity contribution < 1.29 is 9.18 Å². The number of nitrogens with zero attached hydrogens (tertiary/aromatic N) is 4. The van der Waals surface area contributed by atoms with Gasteiger partial charge in [-0.15, -0.1) is 12.4 Å². The van der Waals surface area contributed by atoms with Gasteiger partial charge in [0.05, 0.1) is 0 Å². The molecule has 124 valence electrons. The van der Waals surface area contributed by atoms with Gasteiger partial charge in [0.1, 0.15) is 5.82 Å². The van der Waals surface area contributed by atoms with E-state index in [1.807, 2.05) is 6.20 Å². The molecule has 0 atom stereocenters. The van der Waals surface area contributed by atoms with Crippen LogP contribution in [0.3, 0.4) is 0 Å². The molecule has 2 aromatic rings. The lowest BCUT2D eigenvalue weighted by Crippen LogP contribution is -2.49. The Hall–Kier alpha value is -2.08. The van der Waals surface area contributed by atoms with Crippen molar-refractivity contribution in [2.75, 3.05) is 31.1 Å². The highest BCUT2D eigenvalue weighted by atomic mass is 35.5. The van der Waals surface area contributed by atoms with E-state index in [0.717, 1.165) is 25.6 Å². The number of aromatic nitrogens is 2. The fourth-order valence-corrected chi connectivity index (χ4v) is 2.75. The van der Waals surface area contributed by atoms with E-state index >= 15 is 0 Å². The van der Waals surface area contributed by atoms with Gasteiger partial charge in [-0.3, -0.25) is 4.79 Å². The van der Waals surface area contributed by atoms with Gasteiger partial charge in [-0.05, 0) is 25.1 Å². The molecule has 0 N–H and O–H groups in total. The molecule has 1 fully saturated rings. The van der Waals surface area contributed by atoms with Gasteiger partial charge in [-0.2, -0.15) is 0 Å². The molecule has 0 aliphatic carbocycles. The van der Waals surface area contributed by atoms with Crippen molar-refractivity contribution in [2.45, 2.75) is 13.5 Å². The fraction of sp³-hybridized carbons (Fsp3) is 0.375. The van der Waals surface area contributed by atoms with Crippen LogP contribution >= 0.6 is 12.4 Å². The van der Waals surface area contributed by atoms with Crippen molar-refractivity contribution in [1.29, 1.82) is 0 Å². The highest BCUT2D eigenvalue weighted by Crippen LogP contribution is 2.16. The maximum Gasteiger partial charge on any atom is 0.254 e. The number of benzene rings is 1. The molecule has 7 heteroatoms. The maximum absolute atomic E-state index is 13.2. The molecule has 23 heavy (non-hydrogen) atoms. The molecule has 2 heterocycles. The number of rotatable bonds is 3. The van der Waals surface area contributed by atoms with E-state index in [0.29, 0.717) is 18.7 Å². The van der Waals surface area contributed by atoms with E-state index < -0.39 is 0 Å². The average Bonchev–Trinajstić information content (AvgIpc) is 3.03. The molecule has 0 radical (unpaired) electrons. The number of hydrogen-bond donors (Lipinski definition) is 0. The zero-order chi connectivity index (χ0) is 15.5. The number of carbonyl (C=O) groups excluding carboxylic acids is 1. The molecule has 3 rings (SSSR count). The Morgan fingerprint density at radius 2 is 2.00 bits per heavy atom. The third-order valence-electron chi connectivity index (χ3n) is 3.96. The molecule has 5 nitrogen and oxygen atoms in total. The van der Waals surface area contributed by atoms with Gasteiger partial charge in [0, 0.05) is 50.7 Å². The number of halogens is 2. The smallest absolute Gasteiger partial charge is 0.254 e. The van der Waals surface area contributed by atoms with Crippen LogP contribution in [-0.4, -0.2) is 46.5 Å². The van der Waals surface area contributed by atoms with Gasteiger partial charge in [0.25, 0.3) is 5.91 Å². The molecule has 0 bridgehead atoms. The molecular formula is C16H20ClFN4O. The molecule has 1 saturated heterocycles. The van der Waals surface area contributed by atoms with Crippen LogP contribution in [0, 0.1) is 5.82 Å². The van der Waals surface area contributed by atoms with Gasteiger partial charge in [-0.25, -0.2) is 9.37 Å². The second-order valence-corrected chi connectivity index (χ2v) is 5.30. The van der Waals surface area contributed by atoms with Crippen molar-refractivity contribution in [3.05, 3.63) is 48.0 Å². The lowest BCUT2D eigenvalue weighted by Gasteiger charge is -2.35. The number of amides is 1. The predicted molar refractivity (Wildman–Crippen MR) is 89.7 cm³/mol. The highest BCUT2D eigenvalue weighted by Gasteiger charge is 2.24. The zero-order valence-corrected chi connectivity index (χ0v) is 13.8. The second-order valence-electron chi connectivity index (χ2n) is 5.30. The minimum absolute atomic E-state index is 0. The molecule has 1 aliphatic heterocycles. The molecule has 0 unspecified atom stereocenters. The highest BCUT2D eigenvalue weighted by molar-refractivity contribution is 5.94. The summed E-state index contributed by atoms with van der Waals surface area (Å²) in [5, 5.41) is 0. The summed E-state index contributed by atoms with van der Waals surface area (Å²) in [6, 6.07) is 5.86. The van der Waals surface area contributed by atoms with Gasteiger partial charge >= 0.3 is 0 Å². The van der Waals surface area contributed by atoms with Crippen LogP contribution in [0.15, 0.2) is 36.7 Å². The minimum atomic E-state index is -0.380. The number of imidazole rings is 1. The SMILES string of the molecule is CCn1ccnc1N1CCN(C(=O)c2cccc(F)c2)CC1.Cl. The van der Waals surface area contributed by atoms with Crippen LogP contribution in [-0.2, 0) is 6.54 Å². The summed E-state index contributed by atoms with van der Waals surface area (Å²) >= 11 is 0. The first-order valence-electron chi connectivity index (χ1n) is 7.50. The van der Waals surface area contributed by atoms with Crippen LogP contribution in [0.5, 0.6) is 0 Å². The van der Waals surface area contributed by atoms with Gasteiger partial charge in [0.2, 0.25) is 5.95 Å². The summed E-state index contributed by atoms with van der Waals surface area (Å²) in [6.07, 6.45) is 3.75. The zero-order valence-electron chi connectivity index (χ0n) is 13.0. The van der Waals surface area contributed by atoms with E-state index in [9.17, 15) is 9.18 Å². The number of carbonyl (C=O) groups is 1. The van der Waals surface area contributed by atoms with Crippen LogP contribution in [0.4, 0.5) is 10.3 Å². The quantitative estimate of drug-likeness (QED) is 0.863. The van der Waals surface area contributed by atoms with E-state index in [1.54, 1.807) is 23.2 Å². The molecule has 0 saturated carbocycles. The Kier molecular flexibility index (Phi) is 5.60. The monoisotopic (exact) mass is 338 g/mol. The summed E-state index contributed by atoms with van der Waals surface area (Å²) in [4.78, 5) is 20.7. The Bertz CT molecular complexity index is 668. The van der Waals surface area contributed by atoms with Crippen molar-refractivity contribution in [3.63, 3.8) is 0 Å². The Morgan fingerprint density at radius 1 is 1.26 bits per heavy atom. The number of hydrogen-bond acceptors (Lipinski definition) is 3. The summed E-state index contributed by atoms with van der Waals surface area (Å²) in [6.45, 7) is 5.65. The Labute approximate surface area is 141 Å². The molecular weight excluding hydrogens is 319 g/mol. The summed E-state index contributed by atoms with van der Waals surface area (Å²) in [5.41, 5.74) is 0.406. The van der Waals surface area contributed by atoms with Crippen LogP contribution < -0.4 is 4.90 Å². The number of piperazine rings is 1. The average molecular weight is 339 g/mol. The first kappa shape index (κ1) is 17.3. The maximum atomic E-state index is 13.2. The summed E-state index contributed by atoms with van der Waals surface area (Å²) in [5.74, 6) is 0.452. The number of aryl methyl sites for hydroxylation is 1. The van der Waals surface area contributed by atoms with Crippen LogP contribution in [0.2, 0.25) is 0 Å². The van der Waals surface area contributed by atoms with E-state index in [1.165, 1.54) is 12.1 Å². The summed E-state index contributed by atoms with van der Waals surface area (Å²) in [7, 11) is 0. The third-order valence-corrected chi connectivity index (χ3v) is 3.96. The topological polar surface area (TPSA) is 41.4 Å². The van der Waals surface area contributed by atoms with E-state index in [4.69, 9.17) is 0 Å². The van der Waals surface area contributed by atoms with Crippen LogP contribution in [0.1, 0.15) is 17.3 Å². The predicted octanol–water partition coefficient (Wildman–Crippen LogP) is 2.43. The van der Waals surface area contributed by atoms with Gasteiger partial charge in [-0.1, -0.05) is 6.07 Å². The van der Waals surface area contributed by atoms with Crippen molar-refractivity contribution in [2.24, 2.45) is 0 Å².